The molecule has 0 bridgehead atoms. The van der Waals surface area contributed by atoms with E-state index in [0.29, 0.717) is 11.3 Å². The van der Waals surface area contributed by atoms with Crippen LogP contribution in [-0.2, 0) is 0 Å². The summed E-state index contributed by atoms with van der Waals surface area (Å²) in [6, 6.07) is 13.0. The van der Waals surface area contributed by atoms with Crippen LogP contribution in [0, 0.1) is 0 Å². The number of halogens is 1. The van der Waals surface area contributed by atoms with Gasteiger partial charge in [0, 0.05) is 11.3 Å². The lowest BCUT2D eigenvalue weighted by molar-refractivity contribution is 0.0696. The molecule has 0 saturated heterocycles. The summed E-state index contributed by atoms with van der Waals surface area (Å²) in [6.07, 6.45) is 0. The van der Waals surface area contributed by atoms with Crippen molar-refractivity contribution < 1.29 is 14.7 Å². The molecule has 1 amide bonds. The van der Waals surface area contributed by atoms with Gasteiger partial charge in [0.1, 0.15) is 0 Å². The molecule has 19 heavy (non-hydrogen) atoms. The summed E-state index contributed by atoms with van der Waals surface area (Å²) in [4.78, 5) is 22.8. The van der Waals surface area contributed by atoms with E-state index in [-0.39, 0.29) is 16.5 Å². The topological polar surface area (TPSA) is 66.4 Å². The minimum atomic E-state index is -1.14. The Labute approximate surface area is 114 Å². The first kappa shape index (κ1) is 13.1. The van der Waals surface area contributed by atoms with Crippen LogP contribution >= 0.6 is 11.6 Å². The minimum Gasteiger partial charge on any atom is -0.478 e. The van der Waals surface area contributed by atoms with Gasteiger partial charge in [-0.3, -0.25) is 4.79 Å². The second kappa shape index (κ2) is 5.54. The zero-order valence-electron chi connectivity index (χ0n) is 9.76. The molecule has 0 radical (unpaired) electrons. The first-order chi connectivity index (χ1) is 9.08. The molecule has 2 rings (SSSR count). The third kappa shape index (κ3) is 3.11. The Hall–Kier alpha value is -2.33. The number of aromatic carboxylic acids is 1. The van der Waals surface area contributed by atoms with E-state index in [9.17, 15) is 9.59 Å². The number of amides is 1. The zero-order chi connectivity index (χ0) is 13.8. The second-order valence-corrected chi connectivity index (χ2v) is 4.23. The summed E-state index contributed by atoms with van der Waals surface area (Å²) in [5, 5.41) is 11.7. The normalized spacial score (nSPS) is 9.95. The molecule has 0 aliphatic rings. The van der Waals surface area contributed by atoms with Crippen molar-refractivity contribution in [2.24, 2.45) is 0 Å². The Morgan fingerprint density at radius 3 is 2.37 bits per heavy atom. The highest BCUT2D eigenvalue weighted by Gasteiger charge is 2.11. The molecule has 0 heterocycles. The molecule has 4 nitrogen and oxygen atoms in total. The van der Waals surface area contributed by atoms with Crippen LogP contribution in [-0.4, -0.2) is 17.0 Å². The van der Waals surface area contributed by atoms with E-state index in [1.165, 1.54) is 12.1 Å². The molecule has 0 unspecified atom stereocenters. The fourth-order valence-corrected chi connectivity index (χ4v) is 1.76. The number of hydrogen-bond acceptors (Lipinski definition) is 2. The van der Waals surface area contributed by atoms with Gasteiger partial charge in [0.25, 0.3) is 5.91 Å². The molecule has 96 valence electrons. The first-order valence-corrected chi connectivity index (χ1v) is 5.85. The molecule has 2 N–H and O–H groups in total. The van der Waals surface area contributed by atoms with E-state index in [1.54, 1.807) is 30.3 Å². The molecule has 0 atom stereocenters. The van der Waals surface area contributed by atoms with Crippen LogP contribution in [0.3, 0.4) is 0 Å². The Bertz CT molecular complexity index is 626. The van der Waals surface area contributed by atoms with E-state index < -0.39 is 5.97 Å². The fourth-order valence-electron chi connectivity index (χ4n) is 1.56. The molecule has 0 saturated carbocycles. The van der Waals surface area contributed by atoms with Gasteiger partial charge in [-0.1, -0.05) is 29.8 Å². The molecule has 0 aliphatic carbocycles. The number of nitrogens with one attached hydrogen (secondary N) is 1. The summed E-state index contributed by atoms with van der Waals surface area (Å²) < 4.78 is 0. The van der Waals surface area contributed by atoms with Gasteiger partial charge in [-0.15, -0.1) is 0 Å². The molecule has 2 aromatic rings. The lowest BCUT2D eigenvalue weighted by Gasteiger charge is -2.07. The SMILES string of the molecule is O=C(Nc1ccc(Cl)c(C(=O)O)c1)c1ccccc1. The molecule has 5 heteroatoms. The monoisotopic (exact) mass is 275 g/mol. The van der Waals surface area contributed by atoms with E-state index in [2.05, 4.69) is 5.32 Å². The van der Waals surface area contributed by atoms with Crippen LogP contribution < -0.4 is 5.32 Å². The predicted molar refractivity (Wildman–Crippen MR) is 72.8 cm³/mol. The van der Waals surface area contributed by atoms with Gasteiger partial charge in [0.05, 0.1) is 10.6 Å². The summed E-state index contributed by atoms with van der Waals surface area (Å²) in [7, 11) is 0. The third-order valence-electron chi connectivity index (χ3n) is 2.49. The van der Waals surface area contributed by atoms with E-state index in [0.717, 1.165) is 0 Å². The molecule has 0 aliphatic heterocycles. The van der Waals surface area contributed by atoms with Gasteiger partial charge in [-0.25, -0.2) is 4.79 Å². The molecule has 0 fully saturated rings. The molecule has 0 spiro atoms. The summed E-state index contributed by atoms with van der Waals surface area (Å²) >= 11 is 5.75. The number of carbonyl (C=O) groups is 2. The molecular formula is C14H10ClNO3. The predicted octanol–water partition coefficient (Wildman–Crippen LogP) is 3.29. The maximum Gasteiger partial charge on any atom is 0.337 e. The number of rotatable bonds is 3. The fraction of sp³-hybridized carbons (Fsp3) is 0. The minimum absolute atomic E-state index is 0.0486. The number of benzene rings is 2. The molecule has 2 aromatic carbocycles. The van der Waals surface area contributed by atoms with Crippen molar-refractivity contribution in [2.45, 2.75) is 0 Å². The lowest BCUT2D eigenvalue weighted by Crippen LogP contribution is -2.12. The van der Waals surface area contributed by atoms with E-state index >= 15 is 0 Å². The van der Waals surface area contributed by atoms with Crippen LogP contribution in [0.15, 0.2) is 48.5 Å². The number of carbonyl (C=O) groups excluding carboxylic acids is 1. The van der Waals surface area contributed by atoms with Crippen molar-refractivity contribution in [1.29, 1.82) is 0 Å². The van der Waals surface area contributed by atoms with Crippen LogP contribution in [0.25, 0.3) is 0 Å². The quantitative estimate of drug-likeness (QED) is 0.903. The third-order valence-corrected chi connectivity index (χ3v) is 2.82. The lowest BCUT2D eigenvalue weighted by atomic mass is 10.1. The van der Waals surface area contributed by atoms with E-state index in [1.807, 2.05) is 6.07 Å². The largest absolute Gasteiger partial charge is 0.478 e. The number of carboxylic acid groups (broad SMARTS) is 1. The van der Waals surface area contributed by atoms with Gasteiger partial charge < -0.3 is 10.4 Å². The highest BCUT2D eigenvalue weighted by Crippen LogP contribution is 2.21. The Kier molecular flexibility index (Phi) is 3.82. The average molecular weight is 276 g/mol. The standard InChI is InChI=1S/C14H10ClNO3/c15-12-7-6-10(8-11(12)14(18)19)16-13(17)9-4-2-1-3-5-9/h1-8H,(H,16,17)(H,18,19). The van der Waals surface area contributed by atoms with Gasteiger partial charge in [-0.05, 0) is 30.3 Å². The van der Waals surface area contributed by atoms with Gasteiger partial charge in [-0.2, -0.15) is 0 Å². The Morgan fingerprint density at radius 2 is 1.74 bits per heavy atom. The first-order valence-electron chi connectivity index (χ1n) is 5.47. The van der Waals surface area contributed by atoms with Crippen LogP contribution in [0.1, 0.15) is 20.7 Å². The smallest absolute Gasteiger partial charge is 0.337 e. The van der Waals surface area contributed by atoms with Crippen molar-refractivity contribution in [3.05, 3.63) is 64.7 Å². The average Bonchev–Trinajstić information content (AvgIpc) is 2.41. The summed E-state index contributed by atoms with van der Waals surface area (Å²) in [5.41, 5.74) is 0.831. The van der Waals surface area contributed by atoms with Crippen molar-refractivity contribution >= 4 is 29.2 Å². The summed E-state index contributed by atoms with van der Waals surface area (Å²) in [5.74, 6) is -1.44. The van der Waals surface area contributed by atoms with Crippen LogP contribution in [0.2, 0.25) is 5.02 Å². The Morgan fingerprint density at radius 1 is 1.05 bits per heavy atom. The van der Waals surface area contributed by atoms with Gasteiger partial charge in [0.15, 0.2) is 0 Å². The van der Waals surface area contributed by atoms with Gasteiger partial charge in [0.2, 0.25) is 0 Å². The van der Waals surface area contributed by atoms with Crippen molar-refractivity contribution in [1.82, 2.24) is 0 Å². The number of carboxylic acids is 1. The van der Waals surface area contributed by atoms with Crippen molar-refractivity contribution in [3.63, 3.8) is 0 Å². The van der Waals surface area contributed by atoms with Crippen LogP contribution in [0.5, 0.6) is 0 Å². The maximum atomic E-state index is 11.9. The summed E-state index contributed by atoms with van der Waals surface area (Å²) in [6.45, 7) is 0. The van der Waals surface area contributed by atoms with E-state index in [4.69, 9.17) is 16.7 Å². The zero-order valence-corrected chi connectivity index (χ0v) is 10.5. The van der Waals surface area contributed by atoms with Crippen molar-refractivity contribution in [3.8, 4) is 0 Å². The van der Waals surface area contributed by atoms with Crippen LogP contribution in [0.4, 0.5) is 5.69 Å². The second-order valence-electron chi connectivity index (χ2n) is 3.82. The highest BCUT2D eigenvalue weighted by atomic mass is 35.5. The Balaban J connectivity index is 2.23. The maximum absolute atomic E-state index is 11.9. The molecular weight excluding hydrogens is 266 g/mol. The molecule has 0 aromatic heterocycles. The number of anilines is 1. The van der Waals surface area contributed by atoms with Gasteiger partial charge >= 0.3 is 5.97 Å². The van der Waals surface area contributed by atoms with Crippen molar-refractivity contribution in [2.75, 3.05) is 5.32 Å². The highest BCUT2D eigenvalue weighted by molar-refractivity contribution is 6.33. The number of hydrogen-bond donors (Lipinski definition) is 2.